The van der Waals surface area contributed by atoms with Gasteiger partial charge in [0.05, 0.1) is 0 Å². The van der Waals surface area contributed by atoms with Gasteiger partial charge in [-0.05, 0) is 31.6 Å². The van der Waals surface area contributed by atoms with E-state index in [0.717, 1.165) is 25.0 Å². The maximum absolute atomic E-state index is 10.4. The van der Waals surface area contributed by atoms with E-state index in [0.29, 0.717) is 5.92 Å². The van der Waals surface area contributed by atoms with Crippen molar-refractivity contribution in [1.29, 1.82) is 0 Å². The Hall–Kier alpha value is 0.400. The number of halogens is 1. The first-order valence-corrected chi connectivity index (χ1v) is 5.40. The molecule has 0 N–H and O–H groups in total. The minimum atomic E-state index is 0.388. The Morgan fingerprint density at radius 2 is 1.90 bits per heavy atom. The molecule has 0 aliphatic heterocycles. The molecule has 0 saturated heterocycles. The Balaban J connectivity index is 2.23. The predicted octanol–water partition coefficient (Wildman–Crippen LogP) is 2.43. The fraction of sp³-hybridized carbons (Fsp3) is 0.875. The van der Waals surface area contributed by atoms with Gasteiger partial charge in [0.15, 0.2) is 0 Å². The molecule has 0 amide bonds. The van der Waals surface area contributed by atoms with Gasteiger partial charge in [0.1, 0.15) is 6.29 Å². The summed E-state index contributed by atoms with van der Waals surface area (Å²) in [5, 5.41) is 0. The second-order valence-electron chi connectivity index (χ2n) is 3.07. The zero-order valence-corrected chi connectivity index (χ0v) is 8.21. The molecular formula is C8H13IO. The largest absolute Gasteiger partial charge is 0.303 e. The first kappa shape index (κ1) is 8.50. The molecule has 1 aliphatic carbocycles. The van der Waals surface area contributed by atoms with Crippen LogP contribution in [-0.4, -0.2) is 10.7 Å². The van der Waals surface area contributed by atoms with E-state index in [4.69, 9.17) is 0 Å². The third-order valence-electron chi connectivity index (χ3n) is 2.30. The summed E-state index contributed by atoms with van der Waals surface area (Å²) in [5.41, 5.74) is 0. The van der Waals surface area contributed by atoms with Gasteiger partial charge in [0.2, 0.25) is 0 Å². The van der Waals surface area contributed by atoms with Gasteiger partial charge in [0.25, 0.3) is 0 Å². The first-order chi connectivity index (χ1) is 4.86. The molecule has 0 radical (unpaired) electrons. The fourth-order valence-electron chi connectivity index (χ4n) is 1.48. The lowest BCUT2D eigenvalue weighted by Gasteiger charge is -2.23. The Labute approximate surface area is 75.7 Å². The molecule has 0 aromatic rings. The molecule has 1 aliphatic rings. The van der Waals surface area contributed by atoms with Crippen molar-refractivity contribution in [2.45, 2.75) is 25.7 Å². The number of alkyl halides is 1. The molecule has 0 aromatic carbocycles. The van der Waals surface area contributed by atoms with Crippen LogP contribution in [0.4, 0.5) is 0 Å². The predicted molar refractivity (Wildman–Crippen MR) is 50.4 cm³/mol. The van der Waals surface area contributed by atoms with Crippen LogP contribution in [0.3, 0.4) is 0 Å². The number of hydrogen-bond donors (Lipinski definition) is 0. The summed E-state index contributed by atoms with van der Waals surface area (Å²) in [6.07, 6.45) is 5.94. The van der Waals surface area contributed by atoms with Crippen LogP contribution in [0, 0.1) is 11.8 Å². The lowest BCUT2D eigenvalue weighted by atomic mass is 9.84. The average Bonchev–Trinajstić information content (AvgIpc) is 2.05. The quantitative estimate of drug-likeness (QED) is 0.419. The van der Waals surface area contributed by atoms with Crippen LogP contribution >= 0.6 is 22.6 Å². The minimum absolute atomic E-state index is 0.388. The van der Waals surface area contributed by atoms with Gasteiger partial charge < -0.3 is 4.79 Å². The van der Waals surface area contributed by atoms with Crippen LogP contribution < -0.4 is 0 Å². The fourth-order valence-corrected chi connectivity index (χ4v) is 2.36. The summed E-state index contributed by atoms with van der Waals surface area (Å²) < 4.78 is 1.27. The lowest BCUT2D eigenvalue weighted by molar-refractivity contribution is -0.112. The van der Waals surface area contributed by atoms with Gasteiger partial charge in [-0.3, -0.25) is 0 Å². The maximum atomic E-state index is 10.4. The number of carbonyl (C=O) groups excluding carboxylic acids is 1. The third kappa shape index (κ3) is 2.22. The van der Waals surface area contributed by atoms with Crippen molar-refractivity contribution in [2.75, 3.05) is 4.43 Å². The van der Waals surface area contributed by atoms with Crippen LogP contribution in [0.5, 0.6) is 0 Å². The molecular weight excluding hydrogens is 239 g/mol. The molecule has 0 unspecified atom stereocenters. The van der Waals surface area contributed by atoms with E-state index < -0.39 is 0 Å². The standard InChI is InChI=1S/C8H13IO/c9-5-7-1-3-8(6-10)4-2-7/h6-8H,1-5H2. The number of carbonyl (C=O) groups is 1. The molecule has 0 bridgehead atoms. The third-order valence-corrected chi connectivity index (χ3v) is 3.55. The molecule has 2 heteroatoms. The maximum Gasteiger partial charge on any atom is 0.123 e. The average molecular weight is 252 g/mol. The van der Waals surface area contributed by atoms with Crippen LogP contribution in [-0.2, 0) is 4.79 Å². The van der Waals surface area contributed by atoms with Gasteiger partial charge in [-0.2, -0.15) is 0 Å². The minimum Gasteiger partial charge on any atom is -0.303 e. The second-order valence-corrected chi connectivity index (χ2v) is 3.95. The van der Waals surface area contributed by atoms with E-state index in [1.807, 2.05) is 0 Å². The normalized spacial score (nSPS) is 33.7. The Bertz CT molecular complexity index is 106. The Kier molecular flexibility index (Phi) is 3.66. The Morgan fingerprint density at radius 3 is 2.30 bits per heavy atom. The van der Waals surface area contributed by atoms with E-state index >= 15 is 0 Å². The summed E-state index contributed by atoms with van der Waals surface area (Å²) in [4.78, 5) is 10.4. The van der Waals surface area contributed by atoms with Crippen molar-refractivity contribution in [3.05, 3.63) is 0 Å². The van der Waals surface area contributed by atoms with Gasteiger partial charge in [-0.1, -0.05) is 22.6 Å². The van der Waals surface area contributed by atoms with E-state index in [9.17, 15) is 4.79 Å². The molecule has 0 atom stereocenters. The van der Waals surface area contributed by atoms with Gasteiger partial charge in [-0.25, -0.2) is 0 Å². The topological polar surface area (TPSA) is 17.1 Å². The zero-order valence-electron chi connectivity index (χ0n) is 6.05. The van der Waals surface area contributed by atoms with Crippen molar-refractivity contribution in [3.63, 3.8) is 0 Å². The molecule has 0 heterocycles. The van der Waals surface area contributed by atoms with Crippen LogP contribution in [0.15, 0.2) is 0 Å². The molecule has 1 nitrogen and oxygen atoms in total. The highest BCUT2D eigenvalue weighted by Crippen LogP contribution is 2.28. The smallest absolute Gasteiger partial charge is 0.123 e. The number of hydrogen-bond acceptors (Lipinski definition) is 1. The van der Waals surface area contributed by atoms with Crippen LogP contribution in [0.25, 0.3) is 0 Å². The van der Waals surface area contributed by atoms with Crippen LogP contribution in [0.1, 0.15) is 25.7 Å². The van der Waals surface area contributed by atoms with Gasteiger partial charge in [-0.15, -0.1) is 0 Å². The SMILES string of the molecule is O=CC1CCC(CI)CC1. The van der Waals surface area contributed by atoms with E-state index in [1.54, 1.807) is 0 Å². The number of aldehydes is 1. The Morgan fingerprint density at radius 1 is 1.30 bits per heavy atom. The highest BCUT2D eigenvalue weighted by Gasteiger charge is 2.19. The summed E-state index contributed by atoms with van der Waals surface area (Å²) in [6, 6.07) is 0. The second kappa shape index (κ2) is 4.31. The van der Waals surface area contributed by atoms with E-state index in [2.05, 4.69) is 22.6 Å². The summed E-state index contributed by atoms with van der Waals surface area (Å²) in [7, 11) is 0. The number of rotatable bonds is 2. The van der Waals surface area contributed by atoms with Gasteiger partial charge in [0, 0.05) is 10.3 Å². The molecule has 1 fully saturated rings. The molecule has 0 aromatic heterocycles. The molecule has 1 saturated carbocycles. The highest BCUT2D eigenvalue weighted by atomic mass is 127. The molecule has 10 heavy (non-hydrogen) atoms. The van der Waals surface area contributed by atoms with Crippen molar-refractivity contribution >= 4 is 28.9 Å². The van der Waals surface area contributed by atoms with E-state index in [1.165, 1.54) is 17.3 Å². The molecule has 58 valence electrons. The molecule has 0 spiro atoms. The zero-order chi connectivity index (χ0) is 7.40. The first-order valence-electron chi connectivity index (χ1n) is 3.88. The van der Waals surface area contributed by atoms with Crippen LogP contribution in [0.2, 0.25) is 0 Å². The van der Waals surface area contributed by atoms with Crippen molar-refractivity contribution in [2.24, 2.45) is 11.8 Å². The summed E-state index contributed by atoms with van der Waals surface area (Å²) in [6.45, 7) is 0. The van der Waals surface area contributed by atoms with Crippen molar-refractivity contribution in [3.8, 4) is 0 Å². The van der Waals surface area contributed by atoms with Crippen molar-refractivity contribution in [1.82, 2.24) is 0 Å². The van der Waals surface area contributed by atoms with Gasteiger partial charge >= 0.3 is 0 Å². The highest BCUT2D eigenvalue weighted by molar-refractivity contribution is 14.1. The summed E-state index contributed by atoms with van der Waals surface area (Å²) in [5.74, 6) is 1.29. The van der Waals surface area contributed by atoms with E-state index in [-0.39, 0.29) is 0 Å². The van der Waals surface area contributed by atoms with Crippen molar-refractivity contribution < 1.29 is 4.79 Å². The monoisotopic (exact) mass is 252 g/mol. The molecule has 1 rings (SSSR count). The lowest BCUT2D eigenvalue weighted by Crippen LogP contribution is -2.15. The summed E-state index contributed by atoms with van der Waals surface area (Å²) >= 11 is 2.44.